The van der Waals surface area contributed by atoms with E-state index in [1.54, 1.807) is 6.33 Å². The molecule has 134 valence electrons. The number of aromatic amines is 1. The number of H-pyrrole nitrogens is 1. The predicted octanol–water partition coefficient (Wildman–Crippen LogP) is 4.19. The van der Waals surface area contributed by atoms with E-state index < -0.39 is 0 Å². The van der Waals surface area contributed by atoms with Gasteiger partial charge in [-0.05, 0) is 17.7 Å². The van der Waals surface area contributed by atoms with E-state index in [2.05, 4.69) is 34.2 Å². The number of hydrogen-bond donors (Lipinski definition) is 1. The van der Waals surface area contributed by atoms with Crippen LogP contribution < -0.4 is 0 Å². The van der Waals surface area contributed by atoms with Gasteiger partial charge in [0.25, 0.3) is 5.91 Å². The fourth-order valence-electron chi connectivity index (χ4n) is 3.65. The van der Waals surface area contributed by atoms with E-state index in [0.29, 0.717) is 13.1 Å². The number of thiazole rings is 1. The lowest BCUT2D eigenvalue weighted by Gasteiger charge is -2.25. The van der Waals surface area contributed by atoms with Crippen molar-refractivity contribution in [2.24, 2.45) is 0 Å². The predicted molar refractivity (Wildman–Crippen MR) is 107 cm³/mol. The Bertz CT molecular complexity index is 1150. The third-order valence-corrected chi connectivity index (χ3v) is 6.25. The van der Waals surface area contributed by atoms with Gasteiger partial charge in [-0.3, -0.25) is 4.79 Å². The van der Waals surface area contributed by atoms with Crippen molar-refractivity contribution in [3.63, 3.8) is 0 Å². The number of carbonyl (C=O) groups is 1. The SMILES string of the molecule is Cc1nc(-c2cccc3ccccc23)sc1C(=O)N1CCc2nc[nH]c2C1. The molecule has 2 aromatic heterocycles. The Morgan fingerprint density at radius 3 is 2.96 bits per heavy atom. The summed E-state index contributed by atoms with van der Waals surface area (Å²) in [6.45, 7) is 3.19. The molecule has 1 amide bonds. The Kier molecular flexibility index (Phi) is 3.79. The standard InChI is InChI=1S/C21H18N4OS/c1-13-19(21(26)25-10-9-17-18(11-25)23-12-22-17)27-20(24-13)16-8-4-6-14-5-2-3-7-15(14)16/h2-8,12H,9-11H2,1H3,(H,22,23). The number of aromatic nitrogens is 3. The monoisotopic (exact) mass is 374 g/mol. The topological polar surface area (TPSA) is 61.9 Å². The van der Waals surface area contributed by atoms with Crippen molar-refractivity contribution >= 4 is 28.0 Å². The van der Waals surface area contributed by atoms with Crippen LogP contribution in [0.3, 0.4) is 0 Å². The van der Waals surface area contributed by atoms with Crippen LogP contribution in [0.25, 0.3) is 21.3 Å². The van der Waals surface area contributed by atoms with Gasteiger partial charge in [0, 0.05) is 18.5 Å². The number of carbonyl (C=O) groups excluding carboxylic acids is 1. The highest BCUT2D eigenvalue weighted by Gasteiger charge is 2.26. The van der Waals surface area contributed by atoms with E-state index >= 15 is 0 Å². The molecule has 0 saturated carbocycles. The van der Waals surface area contributed by atoms with Crippen molar-refractivity contribution in [2.75, 3.05) is 6.54 Å². The molecular weight excluding hydrogens is 356 g/mol. The maximum atomic E-state index is 13.1. The Morgan fingerprint density at radius 1 is 1.19 bits per heavy atom. The van der Waals surface area contributed by atoms with Gasteiger partial charge in [0.1, 0.15) is 9.88 Å². The van der Waals surface area contributed by atoms with E-state index in [4.69, 9.17) is 4.98 Å². The Hall–Kier alpha value is -2.99. The van der Waals surface area contributed by atoms with Crippen LogP contribution in [0.1, 0.15) is 26.8 Å². The molecule has 1 N–H and O–H groups in total. The smallest absolute Gasteiger partial charge is 0.266 e. The van der Waals surface area contributed by atoms with Crippen molar-refractivity contribution in [3.05, 3.63) is 70.8 Å². The van der Waals surface area contributed by atoms with E-state index in [-0.39, 0.29) is 5.91 Å². The van der Waals surface area contributed by atoms with Crippen molar-refractivity contribution in [2.45, 2.75) is 19.9 Å². The molecule has 0 radical (unpaired) electrons. The number of fused-ring (bicyclic) bond motifs is 2. The number of imidazole rings is 1. The molecule has 4 aromatic rings. The van der Waals surface area contributed by atoms with Gasteiger partial charge in [0.2, 0.25) is 0 Å². The Balaban J connectivity index is 1.50. The van der Waals surface area contributed by atoms with E-state index in [9.17, 15) is 4.79 Å². The van der Waals surface area contributed by atoms with Crippen LogP contribution in [-0.4, -0.2) is 32.3 Å². The van der Waals surface area contributed by atoms with Gasteiger partial charge in [-0.25, -0.2) is 9.97 Å². The van der Waals surface area contributed by atoms with Crippen LogP contribution in [0, 0.1) is 6.92 Å². The molecule has 0 bridgehead atoms. The third kappa shape index (κ3) is 2.73. The molecule has 0 unspecified atom stereocenters. The lowest BCUT2D eigenvalue weighted by atomic mass is 10.1. The molecule has 1 aliphatic rings. The Morgan fingerprint density at radius 2 is 2.04 bits per heavy atom. The molecule has 0 atom stereocenters. The maximum absolute atomic E-state index is 13.1. The van der Waals surface area contributed by atoms with Gasteiger partial charge in [0.05, 0.1) is 30.0 Å². The summed E-state index contributed by atoms with van der Waals surface area (Å²) in [6, 6.07) is 14.5. The highest BCUT2D eigenvalue weighted by Crippen LogP contribution is 2.34. The van der Waals surface area contributed by atoms with E-state index in [1.807, 2.05) is 30.0 Å². The van der Waals surface area contributed by atoms with Crippen molar-refractivity contribution < 1.29 is 4.79 Å². The summed E-state index contributed by atoms with van der Waals surface area (Å²) in [5.74, 6) is 0.0525. The molecule has 1 aliphatic heterocycles. The molecule has 5 rings (SSSR count). The van der Waals surface area contributed by atoms with Crippen LogP contribution in [0.2, 0.25) is 0 Å². The van der Waals surface area contributed by atoms with Crippen molar-refractivity contribution in [1.29, 1.82) is 0 Å². The lowest BCUT2D eigenvalue weighted by Crippen LogP contribution is -2.35. The van der Waals surface area contributed by atoms with Gasteiger partial charge in [0.15, 0.2) is 0 Å². The fourth-order valence-corrected chi connectivity index (χ4v) is 4.72. The number of nitrogens with zero attached hydrogens (tertiary/aromatic N) is 3. The first kappa shape index (κ1) is 16.2. The first-order valence-electron chi connectivity index (χ1n) is 8.96. The molecule has 2 aromatic carbocycles. The number of amides is 1. The van der Waals surface area contributed by atoms with Gasteiger partial charge in [-0.15, -0.1) is 11.3 Å². The first-order valence-corrected chi connectivity index (χ1v) is 9.78. The largest absolute Gasteiger partial charge is 0.347 e. The number of nitrogens with one attached hydrogen (secondary N) is 1. The van der Waals surface area contributed by atoms with Gasteiger partial charge < -0.3 is 9.88 Å². The van der Waals surface area contributed by atoms with Crippen molar-refractivity contribution in [1.82, 2.24) is 19.9 Å². The Labute approximate surface area is 160 Å². The van der Waals surface area contributed by atoms with Crippen LogP contribution >= 0.6 is 11.3 Å². The number of rotatable bonds is 2. The second-order valence-electron chi connectivity index (χ2n) is 6.76. The lowest BCUT2D eigenvalue weighted by molar-refractivity contribution is 0.0736. The van der Waals surface area contributed by atoms with Crippen molar-refractivity contribution in [3.8, 4) is 10.6 Å². The second-order valence-corrected chi connectivity index (χ2v) is 7.76. The number of aryl methyl sites for hydroxylation is 1. The number of hydrogen-bond acceptors (Lipinski definition) is 4. The quantitative estimate of drug-likeness (QED) is 0.572. The third-order valence-electron chi connectivity index (χ3n) is 5.07. The second kappa shape index (κ2) is 6.32. The minimum atomic E-state index is 0.0525. The maximum Gasteiger partial charge on any atom is 0.266 e. The molecule has 6 heteroatoms. The summed E-state index contributed by atoms with van der Waals surface area (Å²) in [4.78, 5) is 27.9. The zero-order valence-electron chi connectivity index (χ0n) is 14.9. The first-order chi connectivity index (χ1) is 13.2. The van der Waals surface area contributed by atoms with Crippen LogP contribution in [0.15, 0.2) is 48.8 Å². The van der Waals surface area contributed by atoms with E-state index in [0.717, 1.165) is 44.3 Å². The highest BCUT2D eigenvalue weighted by molar-refractivity contribution is 7.17. The van der Waals surface area contributed by atoms with Crippen LogP contribution in [0.4, 0.5) is 0 Å². The normalized spacial score (nSPS) is 13.7. The molecule has 0 spiro atoms. The van der Waals surface area contributed by atoms with Gasteiger partial charge in [-0.2, -0.15) is 0 Å². The average Bonchev–Trinajstić information content (AvgIpc) is 3.32. The molecule has 0 fully saturated rings. The highest BCUT2D eigenvalue weighted by atomic mass is 32.1. The zero-order valence-corrected chi connectivity index (χ0v) is 15.7. The summed E-state index contributed by atoms with van der Waals surface area (Å²) in [5, 5.41) is 3.23. The van der Waals surface area contributed by atoms with Gasteiger partial charge >= 0.3 is 0 Å². The summed E-state index contributed by atoms with van der Waals surface area (Å²) in [7, 11) is 0. The summed E-state index contributed by atoms with van der Waals surface area (Å²) in [6.07, 6.45) is 2.49. The fraction of sp³-hybridized carbons (Fsp3) is 0.190. The molecule has 3 heterocycles. The average molecular weight is 374 g/mol. The van der Waals surface area contributed by atoms with Crippen LogP contribution in [0.5, 0.6) is 0 Å². The molecule has 0 aliphatic carbocycles. The summed E-state index contributed by atoms with van der Waals surface area (Å²) < 4.78 is 0. The summed E-state index contributed by atoms with van der Waals surface area (Å²) in [5.41, 5.74) is 3.97. The van der Waals surface area contributed by atoms with E-state index in [1.165, 1.54) is 16.7 Å². The van der Waals surface area contributed by atoms with Gasteiger partial charge in [-0.1, -0.05) is 42.5 Å². The molecule has 0 saturated heterocycles. The molecule has 5 nitrogen and oxygen atoms in total. The number of benzene rings is 2. The zero-order chi connectivity index (χ0) is 18.4. The summed E-state index contributed by atoms with van der Waals surface area (Å²) >= 11 is 1.48. The minimum Gasteiger partial charge on any atom is -0.347 e. The molecular formula is C21H18N4OS. The minimum absolute atomic E-state index is 0.0525. The molecule has 27 heavy (non-hydrogen) atoms. The van der Waals surface area contributed by atoms with Crippen LogP contribution in [-0.2, 0) is 13.0 Å².